The van der Waals surface area contributed by atoms with Crippen LogP contribution in [-0.4, -0.2) is 6.61 Å². The van der Waals surface area contributed by atoms with Crippen molar-refractivity contribution < 1.29 is 4.74 Å². The van der Waals surface area contributed by atoms with Gasteiger partial charge in [-0.1, -0.05) is 35.9 Å². The number of benzene rings is 1. The van der Waals surface area contributed by atoms with Gasteiger partial charge in [-0.05, 0) is 12.5 Å². The molecule has 0 radical (unpaired) electrons. The van der Waals surface area contributed by atoms with Gasteiger partial charge in [-0.2, -0.15) is 0 Å². The Morgan fingerprint density at radius 2 is 2.08 bits per heavy atom. The van der Waals surface area contributed by atoms with Crippen LogP contribution in [0.25, 0.3) is 0 Å². The molecule has 0 N–H and O–H groups in total. The molecule has 2 rings (SSSR count). The molecule has 1 atom stereocenters. The number of hydrogen-bond acceptors (Lipinski definition) is 1. The van der Waals surface area contributed by atoms with Crippen LogP contribution >= 0.6 is 0 Å². The smallest absolute Gasteiger partial charge is 0.120 e. The number of epoxide rings is 1. The lowest BCUT2D eigenvalue weighted by molar-refractivity contribution is 0.306. The van der Waals surface area contributed by atoms with Crippen LogP contribution in [0.3, 0.4) is 0 Å². The first-order chi connectivity index (χ1) is 6.23. The van der Waals surface area contributed by atoms with Crippen LogP contribution in [0.1, 0.15) is 18.9 Å². The highest BCUT2D eigenvalue weighted by atomic mass is 16.6. The van der Waals surface area contributed by atoms with E-state index in [1.54, 1.807) is 0 Å². The SMILES string of the molecule is C=C(C)C[C@]1(c2ccccc2)CO1. The second-order valence-corrected chi connectivity index (χ2v) is 3.78. The molecule has 1 heteroatoms. The van der Waals surface area contributed by atoms with Crippen LogP contribution in [0, 0.1) is 0 Å². The number of rotatable bonds is 3. The minimum atomic E-state index is -0.0346. The largest absolute Gasteiger partial charge is 0.364 e. The van der Waals surface area contributed by atoms with Crippen molar-refractivity contribution in [3.8, 4) is 0 Å². The maximum Gasteiger partial charge on any atom is 0.120 e. The summed E-state index contributed by atoms with van der Waals surface area (Å²) in [6.45, 7) is 6.81. The summed E-state index contributed by atoms with van der Waals surface area (Å²) < 4.78 is 5.53. The summed E-state index contributed by atoms with van der Waals surface area (Å²) in [5.41, 5.74) is 2.42. The number of hydrogen-bond donors (Lipinski definition) is 0. The molecule has 1 fully saturated rings. The predicted molar refractivity (Wildman–Crippen MR) is 53.5 cm³/mol. The van der Waals surface area contributed by atoms with Gasteiger partial charge in [-0.15, -0.1) is 6.58 Å². The van der Waals surface area contributed by atoms with E-state index in [2.05, 4.69) is 30.8 Å². The summed E-state index contributed by atoms with van der Waals surface area (Å²) in [5, 5.41) is 0. The minimum absolute atomic E-state index is 0.0346. The molecule has 0 aliphatic carbocycles. The topological polar surface area (TPSA) is 12.5 Å². The molecule has 68 valence electrons. The van der Waals surface area contributed by atoms with E-state index in [-0.39, 0.29) is 5.60 Å². The maximum atomic E-state index is 5.53. The highest BCUT2D eigenvalue weighted by Gasteiger charge is 2.45. The zero-order valence-corrected chi connectivity index (χ0v) is 7.92. The van der Waals surface area contributed by atoms with Crippen LogP contribution in [0.5, 0.6) is 0 Å². The van der Waals surface area contributed by atoms with E-state index < -0.39 is 0 Å². The molecule has 13 heavy (non-hydrogen) atoms. The van der Waals surface area contributed by atoms with Gasteiger partial charge >= 0.3 is 0 Å². The Kier molecular flexibility index (Phi) is 1.97. The molecule has 0 amide bonds. The summed E-state index contributed by atoms with van der Waals surface area (Å²) in [4.78, 5) is 0. The predicted octanol–water partition coefficient (Wildman–Crippen LogP) is 2.88. The second-order valence-electron chi connectivity index (χ2n) is 3.78. The van der Waals surface area contributed by atoms with Crippen molar-refractivity contribution in [2.24, 2.45) is 0 Å². The Balaban J connectivity index is 2.21. The molecule has 0 bridgehead atoms. The van der Waals surface area contributed by atoms with E-state index in [0.29, 0.717) is 0 Å². The number of ether oxygens (including phenoxy) is 1. The highest BCUT2D eigenvalue weighted by molar-refractivity contribution is 5.28. The molecule has 0 spiro atoms. The van der Waals surface area contributed by atoms with Crippen molar-refractivity contribution in [2.45, 2.75) is 18.9 Å². The summed E-state index contributed by atoms with van der Waals surface area (Å²) in [6, 6.07) is 10.4. The monoisotopic (exact) mass is 174 g/mol. The molecule has 1 heterocycles. The Labute approximate surface area is 79.0 Å². The quantitative estimate of drug-likeness (QED) is 0.507. The lowest BCUT2D eigenvalue weighted by Crippen LogP contribution is -2.08. The van der Waals surface area contributed by atoms with Gasteiger partial charge in [0.2, 0.25) is 0 Å². The zero-order chi connectivity index (χ0) is 9.31. The summed E-state index contributed by atoms with van der Waals surface area (Å²) in [6.07, 6.45) is 0.941. The average molecular weight is 174 g/mol. The molecular formula is C12H14O. The van der Waals surface area contributed by atoms with Gasteiger partial charge in [-0.25, -0.2) is 0 Å². The third-order valence-corrected chi connectivity index (χ3v) is 2.38. The van der Waals surface area contributed by atoms with Crippen molar-refractivity contribution in [1.82, 2.24) is 0 Å². The lowest BCUT2D eigenvalue weighted by Gasteiger charge is -2.11. The second kappa shape index (κ2) is 3.00. The van der Waals surface area contributed by atoms with Crippen LogP contribution in [-0.2, 0) is 10.3 Å². The summed E-state index contributed by atoms with van der Waals surface area (Å²) in [5.74, 6) is 0. The van der Waals surface area contributed by atoms with Crippen LogP contribution in [0.4, 0.5) is 0 Å². The van der Waals surface area contributed by atoms with Crippen molar-refractivity contribution in [2.75, 3.05) is 6.61 Å². The van der Waals surface area contributed by atoms with Crippen molar-refractivity contribution in [1.29, 1.82) is 0 Å². The first-order valence-electron chi connectivity index (χ1n) is 4.57. The minimum Gasteiger partial charge on any atom is -0.364 e. The maximum absolute atomic E-state index is 5.53. The van der Waals surface area contributed by atoms with Crippen molar-refractivity contribution >= 4 is 0 Å². The highest BCUT2D eigenvalue weighted by Crippen LogP contribution is 2.43. The molecule has 1 aromatic rings. The van der Waals surface area contributed by atoms with E-state index in [1.807, 2.05) is 13.0 Å². The van der Waals surface area contributed by atoms with Gasteiger partial charge in [0.1, 0.15) is 5.60 Å². The molecule has 1 nitrogen and oxygen atoms in total. The van der Waals surface area contributed by atoms with Crippen LogP contribution in [0.2, 0.25) is 0 Å². The molecular weight excluding hydrogens is 160 g/mol. The Morgan fingerprint density at radius 3 is 2.54 bits per heavy atom. The zero-order valence-electron chi connectivity index (χ0n) is 7.92. The van der Waals surface area contributed by atoms with E-state index in [9.17, 15) is 0 Å². The van der Waals surface area contributed by atoms with Gasteiger partial charge in [0.15, 0.2) is 0 Å². The van der Waals surface area contributed by atoms with Gasteiger partial charge < -0.3 is 4.74 Å². The summed E-state index contributed by atoms with van der Waals surface area (Å²) in [7, 11) is 0. The third-order valence-electron chi connectivity index (χ3n) is 2.38. The Bertz CT molecular complexity index is 309. The van der Waals surface area contributed by atoms with E-state index in [4.69, 9.17) is 4.74 Å². The standard InChI is InChI=1S/C12H14O/c1-10(2)8-12(9-13-12)11-6-4-3-5-7-11/h3-7H,1,8-9H2,2H3/t12-/m1/s1. The first-order valence-corrected chi connectivity index (χ1v) is 4.57. The van der Waals surface area contributed by atoms with Gasteiger partial charge in [0, 0.05) is 6.42 Å². The molecule has 0 aromatic heterocycles. The fourth-order valence-electron chi connectivity index (χ4n) is 1.69. The van der Waals surface area contributed by atoms with E-state index in [1.165, 1.54) is 11.1 Å². The van der Waals surface area contributed by atoms with E-state index >= 15 is 0 Å². The van der Waals surface area contributed by atoms with Crippen LogP contribution in [0.15, 0.2) is 42.5 Å². The lowest BCUT2D eigenvalue weighted by atomic mass is 9.94. The molecule has 1 aliphatic rings. The van der Waals surface area contributed by atoms with E-state index in [0.717, 1.165) is 13.0 Å². The van der Waals surface area contributed by atoms with Crippen LogP contribution < -0.4 is 0 Å². The fraction of sp³-hybridized carbons (Fsp3) is 0.333. The van der Waals surface area contributed by atoms with Gasteiger partial charge in [0.25, 0.3) is 0 Å². The fourth-order valence-corrected chi connectivity index (χ4v) is 1.69. The van der Waals surface area contributed by atoms with Gasteiger partial charge in [0.05, 0.1) is 6.61 Å². The van der Waals surface area contributed by atoms with Crippen molar-refractivity contribution in [3.63, 3.8) is 0 Å². The molecule has 0 unspecified atom stereocenters. The normalized spacial score (nSPS) is 25.6. The third kappa shape index (κ3) is 1.65. The Hall–Kier alpha value is -1.08. The molecule has 1 saturated heterocycles. The Morgan fingerprint density at radius 1 is 1.46 bits per heavy atom. The molecule has 1 aliphatic heterocycles. The molecule has 1 aromatic carbocycles. The van der Waals surface area contributed by atoms with Gasteiger partial charge in [-0.3, -0.25) is 0 Å². The van der Waals surface area contributed by atoms with Crippen molar-refractivity contribution in [3.05, 3.63) is 48.0 Å². The molecule has 0 saturated carbocycles. The first kappa shape index (κ1) is 8.52. The average Bonchev–Trinajstić information content (AvgIpc) is 2.86. The summed E-state index contributed by atoms with van der Waals surface area (Å²) >= 11 is 0.